The van der Waals surface area contributed by atoms with Crippen molar-refractivity contribution in [2.45, 2.75) is 13.8 Å². The maximum absolute atomic E-state index is 12.8. The van der Waals surface area contributed by atoms with Gasteiger partial charge in [-0.15, -0.1) is 0 Å². The average molecular weight is 387 g/mol. The molecule has 1 N–H and O–H groups in total. The van der Waals surface area contributed by atoms with E-state index in [9.17, 15) is 19.2 Å². The van der Waals surface area contributed by atoms with E-state index in [4.69, 9.17) is 14.2 Å². The fourth-order valence-electron chi connectivity index (χ4n) is 2.92. The number of methoxy groups -OCH3 is 2. The fraction of sp³-hybridized carbons (Fsp3) is 0.300. The van der Waals surface area contributed by atoms with Crippen LogP contribution in [0.5, 0.6) is 0 Å². The Bertz CT molecular complexity index is 830. The van der Waals surface area contributed by atoms with Gasteiger partial charge in [0.25, 0.3) is 0 Å². The quantitative estimate of drug-likeness (QED) is 0.445. The molecule has 1 aliphatic rings. The van der Waals surface area contributed by atoms with E-state index in [0.717, 1.165) is 14.2 Å². The van der Waals surface area contributed by atoms with Crippen molar-refractivity contribution in [1.82, 2.24) is 5.32 Å². The second-order valence-corrected chi connectivity index (χ2v) is 6.02. The van der Waals surface area contributed by atoms with Crippen LogP contribution < -0.4 is 5.32 Å². The van der Waals surface area contributed by atoms with Crippen LogP contribution in [0.2, 0.25) is 0 Å². The molecule has 0 bridgehead atoms. The van der Waals surface area contributed by atoms with Crippen LogP contribution in [-0.4, -0.2) is 44.5 Å². The maximum atomic E-state index is 12.8. The highest BCUT2D eigenvalue weighted by molar-refractivity contribution is 6.06. The first-order chi connectivity index (χ1) is 13.3. The van der Waals surface area contributed by atoms with Gasteiger partial charge in [-0.1, -0.05) is 30.3 Å². The van der Waals surface area contributed by atoms with E-state index in [0.29, 0.717) is 17.0 Å². The van der Waals surface area contributed by atoms with E-state index in [1.165, 1.54) is 0 Å². The summed E-state index contributed by atoms with van der Waals surface area (Å²) in [7, 11) is 2.32. The molecule has 1 heterocycles. The van der Waals surface area contributed by atoms with Gasteiger partial charge in [0, 0.05) is 17.0 Å². The summed E-state index contributed by atoms with van der Waals surface area (Å²) in [6.45, 7) is 2.60. The summed E-state index contributed by atoms with van der Waals surface area (Å²) < 4.78 is 14.6. The van der Waals surface area contributed by atoms with Crippen molar-refractivity contribution in [2.75, 3.05) is 20.8 Å². The summed E-state index contributed by atoms with van der Waals surface area (Å²) in [5.74, 6) is -4.30. The van der Waals surface area contributed by atoms with E-state index < -0.39 is 36.2 Å². The summed E-state index contributed by atoms with van der Waals surface area (Å²) in [5.41, 5.74) is 0.901. The van der Waals surface area contributed by atoms with E-state index in [1.807, 2.05) is 0 Å². The normalized spacial score (nSPS) is 14.3. The number of hydrogen-bond donors (Lipinski definition) is 1. The predicted molar refractivity (Wildman–Crippen MR) is 97.8 cm³/mol. The third-order valence-corrected chi connectivity index (χ3v) is 4.25. The molecule has 8 nitrogen and oxygen atoms in total. The summed E-state index contributed by atoms with van der Waals surface area (Å²) in [5, 5.41) is 2.87. The van der Waals surface area contributed by atoms with Crippen LogP contribution in [0.15, 0.2) is 52.9 Å². The van der Waals surface area contributed by atoms with E-state index in [1.54, 1.807) is 44.2 Å². The molecule has 0 fully saturated rings. The van der Waals surface area contributed by atoms with Gasteiger partial charge in [0.05, 0.1) is 25.4 Å². The standard InChI is InChI=1S/C20H21NO7/c1-11-15(18(23)26-3)17(16(12(2)21-11)19(24)27-4)20(25)28-10-14(22)13-8-6-5-7-9-13/h5-9,17,21H,10H2,1-4H3. The number of nitrogens with one attached hydrogen (secondary N) is 1. The first-order valence-electron chi connectivity index (χ1n) is 8.41. The minimum atomic E-state index is -1.37. The molecule has 8 heteroatoms. The Hall–Kier alpha value is -3.42. The number of ketones is 1. The molecule has 0 amide bonds. The van der Waals surface area contributed by atoms with Gasteiger partial charge in [0.1, 0.15) is 5.92 Å². The molecule has 0 atom stereocenters. The number of carbonyl (C=O) groups excluding carboxylic acids is 4. The van der Waals surface area contributed by atoms with Crippen LogP contribution in [0, 0.1) is 5.92 Å². The lowest BCUT2D eigenvalue weighted by Gasteiger charge is -2.28. The van der Waals surface area contributed by atoms with Gasteiger partial charge in [0.2, 0.25) is 0 Å². The Morgan fingerprint density at radius 3 is 1.86 bits per heavy atom. The molecule has 0 radical (unpaired) electrons. The highest BCUT2D eigenvalue weighted by atomic mass is 16.5. The zero-order valence-electron chi connectivity index (χ0n) is 16.0. The molecule has 0 aromatic heterocycles. The molecule has 28 heavy (non-hydrogen) atoms. The number of hydrogen-bond acceptors (Lipinski definition) is 8. The molecule has 0 saturated carbocycles. The largest absolute Gasteiger partial charge is 0.466 e. The van der Waals surface area contributed by atoms with E-state index in [-0.39, 0.29) is 11.1 Å². The summed E-state index contributed by atoms with van der Waals surface area (Å²) in [6, 6.07) is 8.31. The number of ether oxygens (including phenoxy) is 3. The van der Waals surface area contributed by atoms with Gasteiger partial charge in [-0.25, -0.2) is 9.59 Å². The van der Waals surface area contributed by atoms with Gasteiger partial charge < -0.3 is 19.5 Å². The van der Waals surface area contributed by atoms with Crippen LogP contribution >= 0.6 is 0 Å². The molecule has 0 spiro atoms. The molecular weight excluding hydrogens is 366 g/mol. The molecule has 1 aliphatic heterocycles. The Morgan fingerprint density at radius 1 is 0.893 bits per heavy atom. The predicted octanol–water partition coefficient (Wildman–Crippen LogP) is 1.53. The number of Topliss-reactive ketones (excluding diaryl/α,β-unsaturated/α-hetero) is 1. The van der Waals surface area contributed by atoms with Crippen LogP contribution in [0.25, 0.3) is 0 Å². The van der Waals surface area contributed by atoms with Crippen molar-refractivity contribution in [3.05, 3.63) is 58.4 Å². The lowest BCUT2D eigenvalue weighted by atomic mass is 9.85. The van der Waals surface area contributed by atoms with Crippen LogP contribution in [-0.2, 0) is 28.6 Å². The van der Waals surface area contributed by atoms with E-state index >= 15 is 0 Å². The van der Waals surface area contributed by atoms with Crippen molar-refractivity contribution in [1.29, 1.82) is 0 Å². The van der Waals surface area contributed by atoms with Crippen molar-refractivity contribution < 1.29 is 33.4 Å². The van der Waals surface area contributed by atoms with Gasteiger partial charge in [-0.3, -0.25) is 9.59 Å². The number of dihydropyridines is 1. The monoisotopic (exact) mass is 387 g/mol. The maximum Gasteiger partial charge on any atom is 0.336 e. The van der Waals surface area contributed by atoms with Gasteiger partial charge in [-0.2, -0.15) is 0 Å². The van der Waals surface area contributed by atoms with Crippen LogP contribution in [0.3, 0.4) is 0 Å². The molecule has 0 saturated heterocycles. The second-order valence-electron chi connectivity index (χ2n) is 6.02. The second kappa shape index (κ2) is 8.98. The number of allylic oxidation sites excluding steroid dienone is 2. The third kappa shape index (κ3) is 4.28. The molecule has 148 valence electrons. The average Bonchev–Trinajstić information content (AvgIpc) is 2.70. The molecule has 1 aromatic carbocycles. The fourth-order valence-corrected chi connectivity index (χ4v) is 2.92. The zero-order chi connectivity index (χ0) is 20.8. The lowest BCUT2D eigenvalue weighted by molar-refractivity contribution is -0.150. The zero-order valence-corrected chi connectivity index (χ0v) is 16.0. The molecular formula is C20H21NO7. The third-order valence-electron chi connectivity index (χ3n) is 4.25. The molecule has 2 rings (SSSR count). The summed E-state index contributed by atoms with van der Waals surface area (Å²) in [4.78, 5) is 49.5. The SMILES string of the molecule is COC(=O)C1=C(C)NC(C)=C(C(=O)OC)C1C(=O)OCC(=O)c1ccccc1. The number of benzene rings is 1. The minimum absolute atomic E-state index is 0.0781. The van der Waals surface area contributed by atoms with Crippen molar-refractivity contribution in [2.24, 2.45) is 5.92 Å². The van der Waals surface area contributed by atoms with Crippen LogP contribution in [0.1, 0.15) is 24.2 Å². The Balaban J connectivity index is 2.33. The lowest BCUT2D eigenvalue weighted by Crippen LogP contribution is -2.38. The number of rotatable bonds is 6. The topological polar surface area (TPSA) is 108 Å². The smallest absolute Gasteiger partial charge is 0.336 e. The first-order valence-corrected chi connectivity index (χ1v) is 8.41. The first kappa shape index (κ1) is 20.9. The minimum Gasteiger partial charge on any atom is -0.466 e. The van der Waals surface area contributed by atoms with Gasteiger partial charge in [0.15, 0.2) is 12.4 Å². The van der Waals surface area contributed by atoms with Gasteiger partial charge >= 0.3 is 17.9 Å². The van der Waals surface area contributed by atoms with Crippen molar-refractivity contribution in [3.8, 4) is 0 Å². The molecule has 0 aliphatic carbocycles. The Morgan fingerprint density at radius 2 is 1.39 bits per heavy atom. The Kier molecular flexibility index (Phi) is 6.70. The number of carbonyl (C=O) groups is 4. The van der Waals surface area contributed by atoms with Crippen molar-refractivity contribution in [3.63, 3.8) is 0 Å². The van der Waals surface area contributed by atoms with Crippen molar-refractivity contribution >= 4 is 23.7 Å². The summed E-state index contributed by atoms with van der Waals surface area (Å²) in [6.07, 6.45) is 0. The van der Waals surface area contributed by atoms with Crippen LogP contribution in [0.4, 0.5) is 0 Å². The highest BCUT2D eigenvalue weighted by Crippen LogP contribution is 2.32. The van der Waals surface area contributed by atoms with Gasteiger partial charge in [-0.05, 0) is 13.8 Å². The molecule has 0 unspecified atom stereocenters. The number of esters is 3. The van der Waals surface area contributed by atoms with E-state index in [2.05, 4.69) is 5.32 Å². The highest BCUT2D eigenvalue weighted by Gasteiger charge is 2.42. The Labute approximate surface area is 162 Å². The summed E-state index contributed by atoms with van der Waals surface area (Å²) >= 11 is 0. The molecule has 1 aromatic rings.